The predicted octanol–water partition coefficient (Wildman–Crippen LogP) is 3.38. The minimum Gasteiger partial charge on any atom is -0.324 e. The number of piperidine rings is 1. The molecule has 7 heteroatoms. The second-order valence-electron chi connectivity index (χ2n) is 4.54. The van der Waals surface area contributed by atoms with E-state index in [-0.39, 0.29) is 34.3 Å². The van der Waals surface area contributed by atoms with Gasteiger partial charge in [0.1, 0.15) is 0 Å². The summed E-state index contributed by atoms with van der Waals surface area (Å²) in [6.07, 6.45) is 2.68. The van der Waals surface area contributed by atoms with Gasteiger partial charge in [-0.2, -0.15) is 13.2 Å². The zero-order valence-corrected chi connectivity index (χ0v) is 11.5. The third-order valence-electron chi connectivity index (χ3n) is 3.00. The number of hydrogen-bond acceptors (Lipinski definition) is 3. The van der Waals surface area contributed by atoms with Crippen molar-refractivity contribution >= 4 is 23.4 Å². The highest BCUT2D eigenvalue weighted by atomic mass is 32.2. The maximum atomic E-state index is 12.5. The van der Waals surface area contributed by atoms with Crippen LogP contribution in [0, 0.1) is 0 Å². The molecule has 2 N–H and O–H groups in total. The van der Waals surface area contributed by atoms with Crippen LogP contribution in [0.25, 0.3) is 0 Å². The van der Waals surface area contributed by atoms with Crippen LogP contribution in [-0.4, -0.2) is 24.0 Å². The first-order valence-electron chi connectivity index (χ1n) is 6.35. The SMILES string of the molecule is O=C(Nc1ccccc1SC(F)(F)F)[C@H]1CCCCN1. The van der Waals surface area contributed by atoms with Crippen LogP contribution in [0.15, 0.2) is 29.2 Å². The molecule has 20 heavy (non-hydrogen) atoms. The van der Waals surface area contributed by atoms with E-state index >= 15 is 0 Å². The lowest BCUT2D eigenvalue weighted by Crippen LogP contribution is -2.43. The van der Waals surface area contributed by atoms with E-state index in [2.05, 4.69) is 10.6 Å². The maximum Gasteiger partial charge on any atom is 0.446 e. The lowest BCUT2D eigenvalue weighted by Gasteiger charge is -2.23. The van der Waals surface area contributed by atoms with E-state index in [1.54, 1.807) is 6.07 Å². The number of hydrogen-bond donors (Lipinski definition) is 2. The Kier molecular flexibility index (Phi) is 4.93. The minimum atomic E-state index is -4.37. The number of amides is 1. The molecule has 1 aliphatic heterocycles. The number of carbonyl (C=O) groups is 1. The van der Waals surface area contributed by atoms with Crippen molar-refractivity contribution in [2.24, 2.45) is 0 Å². The summed E-state index contributed by atoms with van der Waals surface area (Å²) in [7, 11) is 0. The molecule has 1 amide bonds. The monoisotopic (exact) mass is 304 g/mol. The van der Waals surface area contributed by atoms with Crippen LogP contribution in [0.2, 0.25) is 0 Å². The average Bonchev–Trinajstić information content (AvgIpc) is 2.40. The van der Waals surface area contributed by atoms with Crippen molar-refractivity contribution in [1.29, 1.82) is 0 Å². The summed E-state index contributed by atoms with van der Waals surface area (Å²) in [4.78, 5) is 12.0. The molecule has 1 heterocycles. The molecular weight excluding hydrogens is 289 g/mol. The van der Waals surface area contributed by atoms with Gasteiger partial charge in [0.2, 0.25) is 5.91 Å². The Morgan fingerprint density at radius 3 is 2.70 bits per heavy atom. The van der Waals surface area contributed by atoms with Crippen molar-refractivity contribution in [1.82, 2.24) is 5.32 Å². The van der Waals surface area contributed by atoms with E-state index in [0.717, 1.165) is 19.4 Å². The Morgan fingerprint density at radius 2 is 2.05 bits per heavy atom. The van der Waals surface area contributed by atoms with Gasteiger partial charge in [-0.15, -0.1) is 0 Å². The number of para-hydroxylation sites is 1. The first-order chi connectivity index (χ1) is 9.46. The van der Waals surface area contributed by atoms with Gasteiger partial charge in [-0.25, -0.2) is 0 Å². The fourth-order valence-electron chi connectivity index (χ4n) is 2.08. The fourth-order valence-corrected chi connectivity index (χ4v) is 2.70. The molecule has 0 aliphatic carbocycles. The summed E-state index contributed by atoms with van der Waals surface area (Å²) >= 11 is -0.219. The van der Waals surface area contributed by atoms with Gasteiger partial charge in [-0.1, -0.05) is 18.6 Å². The van der Waals surface area contributed by atoms with Crippen molar-refractivity contribution in [3.05, 3.63) is 24.3 Å². The first-order valence-corrected chi connectivity index (χ1v) is 7.16. The highest BCUT2D eigenvalue weighted by molar-refractivity contribution is 8.00. The largest absolute Gasteiger partial charge is 0.446 e. The fraction of sp³-hybridized carbons (Fsp3) is 0.462. The molecule has 1 fully saturated rings. The molecule has 1 aromatic carbocycles. The van der Waals surface area contributed by atoms with E-state index in [1.807, 2.05) is 0 Å². The Labute approximate surface area is 119 Å². The van der Waals surface area contributed by atoms with E-state index < -0.39 is 5.51 Å². The molecule has 0 unspecified atom stereocenters. The standard InChI is InChI=1S/C13H15F3N2OS/c14-13(15,16)20-11-7-2-1-5-9(11)18-12(19)10-6-3-4-8-17-10/h1-2,5,7,10,17H,3-4,6,8H2,(H,18,19)/t10-/m1/s1. The number of thioether (sulfide) groups is 1. The quantitative estimate of drug-likeness (QED) is 0.841. The number of anilines is 1. The first kappa shape index (κ1) is 15.2. The molecule has 1 atom stereocenters. The Balaban J connectivity index is 2.06. The van der Waals surface area contributed by atoms with Crippen molar-refractivity contribution in [3.63, 3.8) is 0 Å². The summed E-state index contributed by atoms with van der Waals surface area (Å²) < 4.78 is 37.4. The summed E-state index contributed by atoms with van der Waals surface area (Å²) in [6.45, 7) is 0.761. The second kappa shape index (κ2) is 6.49. The van der Waals surface area contributed by atoms with E-state index in [0.29, 0.717) is 6.42 Å². The lowest BCUT2D eigenvalue weighted by molar-refractivity contribution is -0.118. The highest BCUT2D eigenvalue weighted by Gasteiger charge is 2.31. The van der Waals surface area contributed by atoms with Crippen LogP contribution in [0.5, 0.6) is 0 Å². The summed E-state index contributed by atoms with van der Waals surface area (Å²) in [6, 6.07) is 5.62. The topological polar surface area (TPSA) is 41.1 Å². The number of nitrogens with one attached hydrogen (secondary N) is 2. The van der Waals surface area contributed by atoms with E-state index in [4.69, 9.17) is 0 Å². The zero-order chi connectivity index (χ0) is 14.6. The molecule has 0 aromatic heterocycles. The molecule has 0 bridgehead atoms. The molecule has 1 aromatic rings. The van der Waals surface area contributed by atoms with Crippen molar-refractivity contribution in [2.75, 3.05) is 11.9 Å². The summed E-state index contributed by atoms with van der Waals surface area (Å²) in [5.41, 5.74) is -4.17. The Bertz CT molecular complexity index is 473. The second-order valence-corrected chi connectivity index (χ2v) is 5.64. The number of halogens is 3. The van der Waals surface area contributed by atoms with Crippen LogP contribution in [-0.2, 0) is 4.79 Å². The van der Waals surface area contributed by atoms with Gasteiger partial charge in [-0.05, 0) is 43.3 Å². The van der Waals surface area contributed by atoms with Gasteiger partial charge >= 0.3 is 5.51 Å². The van der Waals surface area contributed by atoms with E-state index in [9.17, 15) is 18.0 Å². The summed E-state index contributed by atoms with van der Waals surface area (Å²) in [5, 5.41) is 5.65. The van der Waals surface area contributed by atoms with Gasteiger partial charge in [0.25, 0.3) is 0 Å². The number of carbonyl (C=O) groups excluding carboxylic acids is 1. The van der Waals surface area contributed by atoms with Gasteiger partial charge in [0, 0.05) is 4.90 Å². The predicted molar refractivity (Wildman–Crippen MR) is 72.6 cm³/mol. The normalized spacial score (nSPS) is 19.6. The van der Waals surface area contributed by atoms with Gasteiger partial charge in [-0.3, -0.25) is 4.79 Å². The van der Waals surface area contributed by atoms with Crippen molar-refractivity contribution in [3.8, 4) is 0 Å². The van der Waals surface area contributed by atoms with Crippen LogP contribution < -0.4 is 10.6 Å². The number of alkyl halides is 3. The van der Waals surface area contributed by atoms with Gasteiger partial charge in [0.05, 0.1) is 11.7 Å². The molecule has 0 spiro atoms. The number of rotatable bonds is 3. The molecular formula is C13H15F3N2OS. The average molecular weight is 304 g/mol. The molecule has 2 rings (SSSR count). The van der Waals surface area contributed by atoms with E-state index in [1.165, 1.54) is 18.2 Å². The number of benzene rings is 1. The van der Waals surface area contributed by atoms with Crippen LogP contribution in [0.4, 0.5) is 18.9 Å². The molecule has 3 nitrogen and oxygen atoms in total. The lowest BCUT2D eigenvalue weighted by atomic mass is 10.0. The summed E-state index contributed by atoms with van der Waals surface area (Å²) in [5.74, 6) is -0.278. The molecule has 1 saturated heterocycles. The van der Waals surface area contributed by atoms with Crippen molar-refractivity contribution in [2.45, 2.75) is 35.7 Å². The maximum absolute atomic E-state index is 12.5. The van der Waals surface area contributed by atoms with Crippen LogP contribution >= 0.6 is 11.8 Å². The Hall–Kier alpha value is -1.21. The van der Waals surface area contributed by atoms with Crippen LogP contribution in [0.3, 0.4) is 0 Å². The highest BCUT2D eigenvalue weighted by Crippen LogP contribution is 2.40. The molecule has 0 saturated carbocycles. The third-order valence-corrected chi connectivity index (χ3v) is 3.80. The van der Waals surface area contributed by atoms with Gasteiger partial charge in [0.15, 0.2) is 0 Å². The van der Waals surface area contributed by atoms with Gasteiger partial charge < -0.3 is 10.6 Å². The Morgan fingerprint density at radius 1 is 1.30 bits per heavy atom. The molecule has 0 radical (unpaired) electrons. The molecule has 110 valence electrons. The third kappa shape index (κ3) is 4.42. The zero-order valence-electron chi connectivity index (χ0n) is 10.7. The van der Waals surface area contributed by atoms with Crippen molar-refractivity contribution < 1.29 is 18.0 Å². The van der Waals surface area contributed by atoms with Crippen LogP contribution in [0.1, 0.15) is 19.3 Å². The smallest absolute Gasteiger partial charge is 0.324 e. The molecule has 1 aliphatic rings. The minimum absolute atomic E-state index is 0.00385.